The molecule has 51 heavy (non-hydrogen) atoms. The summed E-state index contributed by atoms with van der Waals surface area (Å²) in [7, 11) is 0. The molecule has 0 spiro atoms. The van der Waals surface area contributed by atoms with Crippen LogP contribution in [0.3, 0.4) is 0 Å². The molecule has 7 aromatic carbocycles. The second-order valence-electron chi connectivity index (χ2n) is 15.5. The minimum atomic E-state index is -0.0254. The third-order valence-corrected chi connectivity index (χ3v) is 11.0. The fraction of sp³-hybridized carbons (Fsp3) is 0.143. The summed E-state index contributed by atoms with van der Waals surface area (Å²) in [6.07, 6.45) is 0. The predicted octanol–water partition coefficient (Wildman–Crippen LogP) is 13.5. The summed E-state index contributed by atoms with van der Waals surface area (Å²) in [5.41, 5.74) is 16.3. The van der Waals surface area contributed by atoms with Crippen molar-refractivity contribution in [3.8, 4) is 27.9 Å². The number of hydrogen-bond acceptors (Lipinski definition) is 1. The number of fused-ring (bicyclic) bond motifs is 6. The smallest absolute Gasteiger partial charge is 0.0541 e. The van der Waals surface area contributed by atoms with Crippen LogP contribution in [0, 0.1) is 0 Å². The van der Waals surface area contributed by atoms with Gasteiger partial charge >= 0.3 is 0 Å². The lowest BCUT2D eigenvalue weighted by Gasteiger charge is -2.28. The third-order valence-electron chi connectivity index (χ3n) is 11.0. The monoisotopic (exact) mass is 658 g/mol. The molecule has 0 radical (unpaired) electrons. The predicted molar refractivity (Wildman–Crippen MR) is 217 cm³/mol. The molecular weight excluding hydrogens is 617 g/mol. The minimum absolute atomic E-state index is 0.0254. The van der Waals surface area contributed by atoms with Crippen molar-refractivity contribution in [3.63, 3.8) is 0 Å². The Balaban J connectivity index is 1.10. The molecule has 0 saturated carbocycles. The zero-order valence-electron chi connectivity index (χ0n) is 30.0. The van der Waals surface area contributed by atoms with Crippen LogP contribution < -0.4 is 4.90 Å². The van der Waals surface area contributed by atoms with Crippen molar-refractivity contribution in [1.82, 2.24) is 4.57 Å². The normalized spacial score (nSPS) is 13.4. The number of benzene rings is 7. The number of anilines is 3. The van der Waals surface area contributed by atoms with Crippen LogP contribution in [0.4, 0.5) is 17.1 Å². The highest BCUT2D eigenvalue weighted by atomic mass is 15.1. The van der Waals surface area contributed by atoms with Crippen molar-refractivity contribution >= 4 is 38.9 Å². The van der Waals surface area contributed by atoms with Gasteiger partial charge < -0.3 is 9.47 Å². The largest absolute Gasteiger partial charge is 0.310 e. The van der Waals surface area contributed by atoms with Crippen LogP contribution in [0.25, 0.3) is 49.7 Å². The maximum absolute atomic E-state index is 2.40. The van der Waals surface area contributed by atoms with E-state index in [0.29, 0.717) is 0 Å². The van der Waals surface area contributed by atoms with E-state index in [2.05, 4.69) is 208 Å². The molecule has 2 nitrogen and oxygen atoms in total. The Morgan fingerprint density at radius 2 is 0.961 bits per heavy atom. The van der Waals surface area contributed by atoms with Crippen LogP contribution in [-0.4, -0.2) is 4.57 Å². The molecular formula is C49H42N2. The molecule has 1 aliphatic carbocycles. The summed E-state index contributed by atoms with van der Waals surface area (Å²) >= 11 is 0. The van der Waals surface area contributed by atoms with Gasteiger partial charge in [0.2, 0.25) is 0 Å². The van der Waals surface area contributed by atoms with Gasteiger partial charge in [-0.2, -0.15) is 0 Å². The first-order chi connectivity index (χ1) is 24.7. The van der Waals surface area contributed by atoms with Crippen molar-refractivity contribution in [2.24, 2.45) is 0 Å². The highest BCUT2D eigenvalue weighted by Gasteiger charge is 2.35. The van der Waals surface area contributed by atoms with E-state index in [0.717, 1.165) is 17.1 Å². The Labute approximate surface area is 301 Å². The van der Waals surface area contributed by atoms with Gasteiger partial charge in [-0.3, -0.25) is 0 Å². The fourth-order valence-corrected chi connectivity index (χ4v) is 8.21. The van der Waals surface area contributed by atoms with E-state index in [-0.39, 0.29) is 10.8 Å². The number of aromatic nitrogens is 1. The standard InChI is InChI=1S/C49H42N2/c1-48(2,3)35-22-28-37(29-23-35)50(39-30-31-45-43(32-39)40-12-6-9-15-44(40)49(45,4)5)36-24-18-33(19-25-36)34-20-26-38(27-21-34)51-46-16-10-7-13-41(46)42-14-8-11-17-47(42)51/h6-32H,1-5H3. The number of rotatable bonds is 5. The third kappa shape index (κ3) is 5.09. The lowest BCUT2D eigenvalue weighted by atomic mass is 9.82. The van der Waals surface area contributed by atoms with Crippen LogP contribution in [0.2, 0.25) is 0 Å². The summed E-state index contributed by atoms with van der Waals surface area (Å²) in [5, 5.41) is 2.56. The van der Waals surface area contributed by atoms with Crippen LogP contribution in [-0.2, 0) is 10.8 Å². The average molecular weight is 659 g/mol. The molecule has 2 heteroatoms. The second-order valence-corrected chi connectivity index (χ2v) is 15.5. The first kappa shape index (κ1) is 31.1. The van der Waals surface area contributed by atoms with Crippen molar-refractivity contribution in [1.29, 1.82) is 0 Å². The molecule has 0 N–H and O–H groups in total. The van der Waals surface area contributed by atoms with E-state index < -0.39 is 0 Å². The van der Waals surface area contributed by atoms with E-state index in [4.69, 9.17) is 0 Å². The molecule has 0 bridgehead atoms. The molecule has 0 aliphatic heterocycles. The SMILES string of the molecule is CC(C)(C)c1ccc(N(c2ccc(-c3ccc(-n4c5ccccc5c5ccccc54)cc3)cc2)c2ccc3c(c2)-c2ccccc2C3(C)C)cc1. The summed E-state index contributed by atoms with van der Waals surface area (Å²) < 4.78 is 2.37. The fourth-order valence-electron chi connectivity index (χ4n) is 8.21. The van der Waals surface area contributed by atoms with Crippen LogP contribution in [0.1, 0.15) is 51.3 Å². The van der Waals surface area contributed by atoms with Gasteiger partial charge in [0.25, 0.3) is 0 Å². The van der Waals surface area contributed by atoms with Crippen LogP contribution in [0.5, 0.6) is 0 Å². The summed E-state index contributed by atoms with van der Waals surface area (Å²) in [6.45, 7) is 11.5. The van der Waals surface area contributed by atoms with E-state index in [1.165, 1.54) is 66.4 Å². The maximum atomic E-state index is 2.40. The second kappa shape index (κ2) is 11.6. The molecule has 1 aliphatic rings. The minimum Gasteiger partial charge on any atom is -0.310 e. The van der Waals surface area contributed by atoms with E-state index in [9.17, 15) is 0 Å². The van der Waals surface area contributed by atoms with Gasteiger partial charge in [0.15, 0.2) is 0 Å². The van der Waals surface area contributed by atoms with Gasteiger partial charge in [0, 0.05) is 38.9 Å². The van der Waals surface area contributed by atoms with Gasteiger partial charge in [-0.1, -0.05) is 138 Å². The zero-order valence-corrected chi connectivity index (χ0v) is 30.0. The topological polar surface area (TPSA) is 8.17 Å². The van der Waals surface area contributed by atoms with Gasteiger partial charge in [0.1, 0.15) is 0 Å². The van der Waals surface area contributed by atoms with Crippen molar-refractivity contribution in [3.05, 3.63) is 180 Å². The van der Waals surface area contributed by atoms with Crippen LogP contribution in [0.15, 0.2) is 164 Å². The molecule has 248 valence electrons. The first-order valence-electron chi connectivity index (χ1n) is 18.0. The molecule has 0 unspecified atom stereocenters. The summed E-state index contributed by atoms with van der Waals surface area (Å²) in [5.74, 6) is 0. The highest BCUT2D eigenvalue weighted by Crippen LogP contribution is 2.50. The molecule has 0 amide bonds. The van der Waals surface area contributed by atoms with E-state index in [1.54, 1.807) is 0 Å². The van der Waals surface area contributed by atoms with Crippen molar-refractivity contribution in [2.75, 3.05) is 4.90 Å². The van der Waals surface area contributed by atoms with E-state index in [1.807, 2.05) is 0 Å². The molecule has 0 atom stereocenters. The molecule has 1 aromatic heterocycles. The quantitative estimate of drug-likeness (QED) is 0.179. The lowest BCUT2D eigenvalue weighted by molar-refractivity contribution is 0.590. The number of para-hydroxylation sites is 2. The average Bonchev–Trinajstić information content (AvgIpc) is 3.61. The van der Waals surface area contributed by atoms with Gasteiger partial charge in [0.05, 0.1) is 11.0 Å². The van der Waals surface area contributed by atoms with Gasteiger partial charge in [-0.15, -0.1) is 0 Å². The Hall–Kier alpha value is -5.86. The van der Waals surface area contributed by atoms with Gasteiger partial charge in [-0.05, 0) is 105 Å². The summed E-state index contributed by atoms with van der Waals surface area (Å²) in [4.78, 5) is 2.40. The molecule has 0 saturated heterocycles. The van der Waals surface area contributed by atoms with Crippen molar-refractivity contribution < 1.29 is 0 Å². The lowest BCUT2D eigenvalue weighted by Crippen LogP contribution is -2.15. The highest BCUT2D eigenvalue weighted by molar-refractivity contribution is 6.09. The zero-order chi connectivity index (χ0) is 34.9. The molecule has 8 aromatic rings. The Bertz CT molecular complexity index is 2510. The van der Waals surface area contributed by atoms with Gasteiger partial charge in [-0.25, -0.2) is 0 Å². The molecule has 0 fully saturated rings. The number of nitrogens with zero attached hydrogens (tertiary/aromatic N) is 2. The first-order valence-corrected chi connectivity index (χ1v) is 18.0. The Morgan fingerprint density at radius 1 is 0.471 bits per heavy atom. The van der Waals surface area contributed by atoms with Crippen LogP contribution >= 0.6 is 0 Å². The molecule has 9 rings (SSSR count). The van der Waals surface area contributed by atoms with E-state index >= 15 is 0 Å². The maximum Gasteiger partial charge on any atom is 0.0541 e. The summed E-state index contributed by atoms with van der Waals surface area (Å²) in [6, 6.07) is 60.4. The Kier molecular flexibility index (Phi) is 7.09. The molecule has 1 heterocycles. The Morgan fingerprint density at radius 3 is 1.57 bits per heavy atom. The van der Waals surface area contributed by atoms with Crippen molar-refractivity contribution in [2.45, 2.75) is 45.4 Å². The number of hydrogen-bond donors (Lipinski definition) is 0.